The number of phenolic OH excluding ortho intramolecular Hbond substituents is 1. The van der Waals surface area contributed by atoms with Gasteiger partial charge in [-0.05, 0) is 35.7 Å². The first-order chi connectivity index (χ1) is 13.2. The number of halogens is 4. The highest BCUT2D eigenvalue weighted by atomic mass is 19.4. The minimum absolute atomic E-state index is 0.103. The first-order valence-electron chi connectivity index (χ1n) is 8.28. The number of hydrogen-bond donors (Lipinski definition) is 1. The van der Waals surface area contributed by atoms with Gasteiger partial charge in [-0.25, -0.2) is 9.18 Å². The number of methoxy groups -OCH3 is 1. The Morgan fingerprint density at radius 3 is 2.43 bits per heavy atom. The molecule has 0 aromatic heterocycles. The maximum atomic E-state index is 13.0. The van der Waals surface area contributed by atoms with Gasteiger partial charge >= 0.3 is 12.1 Å². The molecular formula is C20H18F4O4. The molecule has 2 aromatic carbocycles. The van der Waals surface area contributed by atoms with Gasteiger partial charge in [0, 0.05) is 12.5 Å². The lowest BCUT2D eigenvalue weighted by molar-refractivity contribution is -0.136. The van der Waals surface area contributed by atoms with Gasteiger partial charge in [-0.3, -0.25) is 0 Å². The lowest BCUT2D eigenvalue weighted by Crippen LogP contribution is -2.10. The largest absolute Gasteiger partial charge is 0.507 e. The monoisotopic (exact) mass is 398 g/mol. The SMILES string of the molecule is COC(=O)c1c(O)cc(OCCCC(F)(F)F)cc1/C=C/c1ccc(F)cc1. The molecule has 0 amide bonds. The molecule has 0 heterocycles. The fourth-order valence-corrected chi connectivity index (χ4v) is 2.38. The minimum Gasteiger partial charge on any atom is -0.507 e. The van der Waals surface area contributed by atoms with E-state index in [0.29, 0.717) is 5.56 Å². The summed E-state index contributed by atoms with van der Waals surface area (Å²) in [5, 5.41) is 10.1. The second-order valence-corrected chi connectivity index (χ2v) is 5.85. The standard InChI is InChI=1S/C20H18F4O4/c1-27-19(26)18-14(6-3-13-4-7-15(21)8-5-13)11-16(12-17(18)25)28-10-2-9-20(22,23)24/h3-8,11-12,25H,2,9-10H2,1H3/b6-3+. The third-order valence-electron chi connectivity index (χ3n) is 3.71. The van der Waals surface area contributed by atoms with Crippen molar-refractivity contribution >= 4 is 18.1 Å². The number of esters is 1. The Bertz CT molecular complexity index is 843. The Morgan fingerprint density at radius 1 is 1.14 bits per heavy atom. The molecule has 8 heteroatoms. The Hall–Kier alpha value is -3.03. The van der Waals surface area contributed by atoms with Crippen LogP contribution in [-0.2, 0) is 4.74 Å². The summed E-state index contributed by atoms with van der Waals surface area (Å²) in [5.74, 6) is -1.52. The maximum absolute atomic E-state index is 13.0. The van der Waals surface area contributed by atoms with Gasteiger partial charge in [0.15, 0.2) is 0 Å². The highest BCUT2D eigenvalue weighted by Gasteiger charge is 2.26. The normalized spacial score (nSPS) is 11.6. The van der Waals surface area contributed by atoms with Crippen LogP contribution in [0.2, 0.25) is 0 Å². The van der Waals surface area contributed by atoms with Crippen molar-refractivity contribution in [1.82, 2.24) is 0 Å². The lowest BCUT2D eigenvalue weighted by atomic mass is 10.0. The molecule has 0 aliphatic rings. The molecule has 1 N–H and O–H groups in total. The number of ether oxygens (including phenoxy) is 2. The number of carbonyl (C=O) groups is 1. The summed E-state index contributed by atoms with van der Waals surface area (Å²) >= 11 is 0. The summed E-state index contributed by atoms with van der Waals surface area (Å²) in [4.78, 5) is 12.0. The molecule has 0 atom stereocenters. The van der Waals surface area contributed by atoms with Gasteiger partial charge in [0.2, 0.25) is 0 Å². The lowest BCUT2D eigenvalue weighted by Gasteiger charge is -2.12. The molecule has 4 nitrogen and oxygen atoms in total. The van der Waals surface area contributed by atoms with Crippen LogP contribution in [0.4, 0.5) is 17.6 Å². The number of alkyl halides is 3. The zero-order valence-corrected chi connectivity index (χ0v) is 14.9. The van der Waals surface area contributed by atoms with E-state index in [1.165, 1.54) is 36.4 Å². The molecule has 2 rings (SSSR count). The van der Waals surface area contributed by atoms with E-state index in [2.05, 4.69) is 4.74 Å². The number of rotatable bonds is 7. The highest BCUT2D eigenvalue weighted by Crippen LogP contribution is 2.30. The van der Waals surface area contributed by atoms with Crippen LogP contribution in [0.1, 0.15) is 34.3 Å². The van der Waals surface area contributed by atoms with Crippen LogP contribution in [0.25, 0.3) is 12.2 Å². The number of hydrogen-bond acceptors (Lipinski definition) is 4. The third kappa shape index (κ3) is 6.29. The quantitative estimate of drug-likeness (QED) is 0.301. The Balaban J connectivity index is 2.25. The van der Waals surface area contributed by atoms with E-state index < -0.39 is 30.1 Å². The number of phenols is 1. The zero-order chi connectivity index (χ0) is 20.7. The number of aromatic hydroxyl groups is 1. The first-order valence-corrected chi connectivity index (χ1v) is 8.28. The van der Waals surface area contributed by atoms with E-state index in [0.717, 1.165) is 13.2 Å². The first kappa shape index (κ1) is 21.3. The van der Waals surface area contributed by atoms with Gasteiger partial charge in [-0.15, -0.1) is 0 Å². The number of carbonyl (C=O) groups excluding carboxylic acids is 1. The summed E-state index contributed by atoms with van der Waals surface area (Å²) in [6.45, 7) is -0.211. The summed E-state index contributed by atoms with van der Waals surface area (Å²) in [7, 11) is 1.15. The van der Waals surface area contributed by atoms with Gasteiger partial charge in [-0.2, -0.15) is 13.2 Å². The van der Waals surface area contributed by atoms with E-state index >= 15 is 0 Å². The van der Waals surface area contributed by atoms with Crippen molar-refractivity contribution in [1.29, 1.82) is 0 Å². The fraction of sp³-hybridized carbons (Fsp3) is 0.250. The van der Waals surface area contributed by atoms with Crippen molar-refractivity contribution < 1.29 is 36.9 Å². The summed E-state index contributed by atoms with van der Waals surface area (Å²) < 4.78 is 59.5. The predicted octanol–water partition coefficient (Wildman–Crippen LogP) is 5.21. The molecular weight excluding hydrogens is 380 g/mol. The van der Waals surface area contributed by atoms with Crippen molar-refractivity contribution in [3.63, 3.8) is 0 Å². The fourth-order valence-electron chi connectivity index (χ4n) is 2.38. The van der Waals surface area contributed by atoms with Crippen molar-refractivity contribution in [2.24, 2.45) is 0 Å². The molecule has 0 radical (unpaired) electrons. The average Bonchev–Trinajstić information content (AvgIpc) is 2.63. The highest BCUT2D eigenvalue weighted by molar-refractivity contribution is 5.98. The maximum Gasteiger partial charge on any atom is 0.389 e. The molecule has 0 saturated heterocycles. The summed E-state index contributed by atoms with van der Waals surface area (Å²) in [6.07, 6.45) is -2.44. The van der Waals surface area contributed by atoms with Crippen molar-refractivity contribution in [2.75, 3.05) is 13.7 Å². The van der Waals surface area contributed by atoms with Gasteiger partial charge in [0.1, 0.15) is 22.9 Å². The molecule has 0 spiro atoms. The molecule has 150 valence electrons. The molecule has 0 unspecified atom stereocenters. The molecule has 2 aromatic rings. The summed E-state index contributed by atoms with van der Waals surface area (Å²) in [6, 6.07) is 8.09. The molecule has 0 saturated carbocycles. The van der Waals surface area contributed by atoms with E-state index in [9.17, 15) is 27.5 Å². The molecule has 28 heavy (non-hydrogen) atoms. The van der Waals surface area contributed by atoms with Crippen LogP contribution < -0.4 is 4.74 Å². The van der Waals surface area contributed by atoms with Crippen LogP contribution in [0.15, 0.2) is 36.4 Å². The Morgan fingerprint density at radius 2 is 1.82 bits per heavy atom. The third-order valence-corrected chi connectivity index (χ3v) is 3.71. The molecule has 0 fully saturated rings. The van der Waals surface area contributed by atoms with Gasteiger partial charge < -0.3 is 14.6 Å². The Kier molecular flexibility index (Phi) is 7.03. The molecule has 0 bridgehead atoms. The smallest absolute Gasteiger partial charge is 0.389 e. The van der Waals surface area contributed by atoms with Crippen molar-refractivity contribution in [2.45, 2.75) is 19.0 Å². The van der Waals surface area contributed by atoms with E-state index in [4.69, 9.17) is 4.74 Å². The second kappa shape index (κ2) is 9.25. The van der Waals surface area contributed by atoms with Gasteiger partial charge in [0.25, 0.3) is 0 Å². The van der Waals surface area contributed by atoms with Crippen molar-refractivity contribution in [3.8, 4) is 11.5 Å². The van der Waals surface area contributed by atoms with Crippen LogP contribution in [-0.4, -0.2) is 31.0 Å². The summed E-state index contributed by atoms with van der Waals surface area (Å²) in [5.41, 5.74) is 0.749. The van der Waals surface area contributed by atoms with Gasteiger partial charge in [0.05, 0.1) is 13.7 Å². The number of benzene rings is 2. The average molecular weight is 398 g/mol. The second-order valence-electron chi connectivity index (χ2n) is 5.85. The van der Waals surface area contributed by atoms with Gasteiger partial charge in [-0.1, -0.05) is 24.3 Å². The zero-order valence-electron chi connectivity index (χ0n) is 14.9. The van der Waals surface area contributed by atoms with E-state index in [-0.39, 0.29) is 29.9 Å². The van der Waals surface area contributed by atoms with Crippen LogP contribution in [0.3, 0.4) is 0 Å². The van der Waals surface area contributed by atoms with Crippen molar-refractivity contribution in [3.05, 3.63) is 58.9 Å². The molecule has 0 aliphatic heterocycles. The molecule has 0 aliphatic carbocycles. The van der Waals surface area contributed by atoms with Crippen LogP contribution >= 0.6 is 0 Å². The predicted molar refractivity (Wildman–Crippen MR) is 95.6 cm³/mol. The van der Waals surface area contributed by atoms with E-state index in [1.807, 2.05) is 0 Å². The van der Waals surface area contributed by atoms with E-state index in [1.54, 1.807) is 6.08 Å². The van der Waals surface area contributed by atoms with Crippen LogP contribution in [0.5, 0.6) is 11.5 Å². The minimum atomic E-state index is -4.27. The van der Waals surface area contributed by atoms with Crippen LogP contribution in [0, 0.1) is 5.82 Å². The topological polar surface area (TPSA) is 55.8 Å². The Labute approximate surface area is 159 Å².